The van der Waals surface area contributed by atoms with E-state index in [9.17, 15) is 0 Å². The van der Waals surface area contributed by atoms with Crippen LogP contribution in [-0.4, -0.2) is 13.7 Å². The number of benzene rings is 1. The molecular formula is C17H23NO3. The van der Waals surface area contributed by atoms with E-state index < -0.39 is 0 Å². The normalized spacial score (nSPS) is 13.0. The minimum Gasteiger partial charge on any atom is -0.497 e. The van der Waals surface area contributed by atoms with Gasteiger partial charge in [-0.15, -0.1) is 0 Å². The first-order valence-electron chi connectivity index (χ1n) is 7.02. The molecule has 4 heteroatoms. The Morgan fingerprint density at radius 2 is 2.00 bits per heavy atom. The Morgan fingerprint density at radius 1 is 1.24 bits per heavy atom. The van der Waals surface area contributed by atoms with Crippen molar-refractivity contribution in [2.24, 2.45) is 5.73 Å². The number of hydrogen-bond donors (Lipinski definition) is 1. The minimum absolute atomic E-state index is 0.0430. The molecule has 0 radical (unpaired) electrons. The van der Waals surface area contributed by atoms with Gasteiger partial charge in [-0.1, -0.05) is 20.8 Å². The zero-order chi connectivity index (χ0) is 15.5. The van der Waals surface area contributed by atoms with Crippen LogP contribution in [0.25, 0.3) is 0 Å². The van der Waals surface area contributed by atoms with E-state index in [1.807, 2.05) is 30.3 Å². The van der Waals surface area contributed by atoms with Crippen molar-refractivity contribution in [1.29, 1.82) is 0 Å². The maximum absolute atomic E-state index is 6.06. The van der Waals surface area contributed by atoms with E-state index in [0.717, 1.165) is 22.8 Å². The highest BCUT2D eigenvalue weighted by atomic mass is 16.5. The van der Waals surface area contributed by atoms with Crippen LogP contribution >= 0.6 is 0 Å². The maximum atomic E-state index is 6.06. The molecule has 114 valence electrons. The van der Waals surface area contributed by atoms with Gasteiger partial charge in [-0.2, -0.15) is 0 Å². The molecule has 0 aliphatic carbocycles. The van der Waals surface area contributed by atoms with Gasteiger partial charge in [0.15, 0.2) is 0 Å². The molecule has 2 aromatic rings. The third-order valence-electron chi connectivity index (χ3n) is 3.32. The summed E-state index contributed by atoms with van der Waals surface area (Å²) in [5.41, 5.74) is 7.11. The summed E-state index contributed by atoms with van der Waals surface area (Å²) in [5.74, 6) is 2.37. The molecule has 0 bridgehead atoms. The molecule has 0 amide bonds. The molecule has 1 atom stereocenters. The summed E-state index contributed by atoms with van der Waals surface area (Å²) in [4.78, 5) is 0. The maximum Gasteiger partial charge on any atom is 0.123 e. The van der Waals surface area contributed by atoms with Gasteiger partial charge < -0.3 is 19.6 Å². The lowest BCUT2D eigenvalue weighted by Crippen LogP contribution is -2.20. The fraction of sp³-hybridized carbons (Fsp3) is 0.412. The lowest BCUT2D eigenvalue weighted by molar-refractivity contribution is 0.266. The van der Waals surface area contributed by atoms with Crippen LogP contribution in [0.1, 0.15) is 38.1 Å². The van der Waals surface area contributed by atoms with Gasteiger partial charge >= 0.3 is 0 Å². The monoisotopic (exact) mass is 289 g/mol. The average molecular weight is 289 g/mol. The number of nitrogens with two attached hydrogens (primary N) is 1. The van der Waals surface area contributed by atoms with Gasteiger partial charge in [0.2, 0.25) is 0 Å². The topological polar surface area (TPSA) is 57.6 Å². The fourth-order valence-electron chi connectivity index (χ4n) is 2.11. The van der Waals surface area contributed by atoms with Gasteiger partial charge in [0.05, 0.1) is 19.4 Å². The van der Waals surface area contributed by atoms with Crippen LogP contribution in [0.5, 0.6) is 11.5 Å². The molecule has 4 nitrogen and oxygen atoms in total. The Labute approximate surface area is 125 Å². The highest BCUT2D eigenvalue weighted by Gasteiger charge is 2.21. The summed E-state index contributed by atoms with van der Waals surface area (Å²) < 4.78 is 16.5. The Morgan fingerprint density at radius 3 is 2.57 bits per heavy atom. The number of rotatable bonds is 5. The molecule has 0 fully saturated rings. The molecule has 1 aromatic heterocycles. The van der Waals surface area contributed by atoms with Crippen LogP contribution in [0.3, 0.4) is 0 Å². The third kappa shape index (κ3) is 3.79. The van der Waals surface area contributed by atoms with Gasteiger partial charge in [0.25, 0.3) is 0 Å². The van der Waals surface area contributed by atoms with Crippen LogP contribution < -0.4 is 15.2 Å². The molecule has 21 heavy (non-hydrogen) atoms. The van der Waals surface area contributed by atoms with E-state index in [0.29, 0.717) is 6.61 Å². The summed E-state index contributed by atoms with van der Waals surface area (Å²) in [5, 5.41) is 0. The van der Waals surface area contributed by atoms with E-state index in [1.54, 1.807) is 13.4 Å². The van der Waals surface area contributed by atoms with Crippen molar-refractivity contribution in [3.8, 4) is 11.5 Å². The minimum atomic E-state index is -0.282. The molecule has 0 saturated heterocycles. The van der Waals surface area contributed by atoms with Crippen LogP contribution in [0.15, 0.2) is 41.0 Å². The smallest absolute Gasteiger partial charge is 0.123 e. The molecule has 1 aromatic carbocycles. The van der Waals surface area contributed by atoms with Gasteiger partial charge in [0.1, 0.15) is 23.9 Å². The number of furan rings is 1. The molecule has 0 spiro atoms. The predicted molar refractivity (Wildman–Crippen MR) is 82.8 cm³/mol. The second-order valence-electron chi connectivity index (χ2n) is 6.05. The standard InChI is InChI=1S/C17H23NO3/c1-17(2,3)13-10-12(19-4)7-8-15(13)21-11-14(18)16-6-5-9-20-16/h5-10,14H,11,18H2,1-4H3. The fourth-order valence-corrected chi connectivity index (χ4v) is 2.11. The van der Waals surface area contributed by atoms with Crippen LogP contribution in [-0.2, 0) is 5.41 Å². The van der Waals surface area contributed by atoms with Crippen LogP contribution in [0.2, 0.25) is 0 Å². The first kappa shape index (κ1) is 15.4. The molecular weight excluding hydrogens is 266 g/mol. The first-order valence-corrected chi connectivity index (χ1v) is 7.02. The van der Waals surface area contributed by atoms with Crippen molar-refractivity contribution in [3.63, 3.8) is 0 Å². The van der Waals surface area contributed by atoms with Crippen molar-refractivity contribution in [2.75, 3.05) is 13.7 Å². The van der Waals surface area contributed by atoms with E-state index in [2.05, 4.69) is 20.8 Å². The molecule has 0 aliphatic heterocycles. The first-order chi connectivity index (χ1) is 9.91. The summed E-state index contributed by atoms with van der Waals surface area (Å²) in [7, 11) is 1.66. The Bertz CT molecular complexity index is 570. The zero-order valence-electron chi connectivity index (χ0n) is 13.1. The number of ether oxygens (including phenoxy) is 2. The van der Waals surface area contributed by atoms with Gasteiger partial charge in [-0.05, 0) is 35.7 Å². The largest absolute Gasteiger partial charge is 0.497 e. The van der Waals surface area contributed by atoms with Crippen molar-refractivity contribution in [2.45, 2.75) is 32.2 Å². The second-order valence-corrected chi connectivity index (χ2v) is 6.05. The highest BCUT2D eigenvalue weighted by molar-refractivity contribution is 5.44. The Kier molecular flexibility index (Phi) is 4.58. The molecule has 2 rings (SSSR count). The zero-order valence-corrected chi connectivity index (χ0v) is 13.1. The van der Waals surface area contributed by atoms with E-state index in [1.165, 1.54) is 0 Å². The predicted octanol–water partition coefficient (Wildman–Crippen LogP) is 3.66. The highest BCUT2D eigenvalue weighted by Crippen LogP contribution is 2.34. The second kappa shape index (κ2) is 6.22. The van der Waals surface area contributed by atoms with Crippen molar-refractivity contribution >= 4 is 0 Å². The summed E-state index contributed by atoms with van der Waals surface area (Å²) in [6.07, 6.45) is 1.61. The average Bonchev–Trinajstić information content (AvgIpc) is 2.97. The Balaban J connectivity index is 2.16. The summed E-state index contributed by atoms with van der Waals surface area (Å²) in [6, 6.07) is 9.22. The number of hydrogen-bond acceptors (Lipinski definition) is 4. The quantitative estimate of drug-likeness (QED) is 0.912. The van der Waals surface area contributed by atoms with E-state index in [4.69, 9.17) is 19.6 Å². The molecule has 0 aliphatic rings. The van der Waals surface area contributed by atoms with E-state index in [-0.39, 0.29) is 11.5 Å². The molecule has 1 heterocycles. The lowest BCUT2D eigenvalue weighted by Gasteiger charge is -2.24. The molecule has 0 saturated carbocycles. The van der Waals surface area contributed by atoms with Gasteiger partial charge in [-0.3, -0.25) is 0 Å². The molecule has 2 N–H and O–H groups in total. The summed E-state index contributed by atoms with van der Waals surface area (Å²) in [6.45, 7) is 6.78. The van der Waals surface area contributed by atoms with Gasteiger partial charge in [-0.25, -0.2) is 0 Å². The number of methoxy groups -OCH3 is 1. The SMILES string of the molecule is COc1ccc(OCC(N)c2ccco2)c(C(C)(C)C)c1. The van der Waals surface area contributed by atoms with Crippen molar-refractivity contribution in [3.05, 3.63) is 47.9 Å². The van der Waals surface area contributed by atoms with E-state index >= 15 is 0 Å². The summed E-state index contributed by atoms with van der Waals surface area (Å²) >= 11 is 0. The van der Waals surface area contributed by atoms with Crippen molar-refractivity contribution in [1.82, 2.24) is 0 Å². The van der Waals surface area contributed by atoms with Gasteiger partial charge in [0, 0.05) is 5.56 Å². The lowest BCUT2D eigenvalue weighted by atomic mass is 9.86. The Hall–Kier alpha value is -1.94. The molecule has 1 unspecified atom stereocenters. The van der Waals surface area contributed by atoms with Crippen LogP contribution in [0.4, 0.5) is 0 Å². The third-order valence-corrected chi connectivity index (χ3v) is 3.32. The van der Waals surface area contributed by atoms with Crippen molar-refractivity contribution < 1.29 is 13.9 Å². The van der Waals surface area contributed by atoms with Crippen LogP contribution in [0, 0.1) is 0 Å².